The third kappa shape index (κ3) is 12.0. The normalized spacial score (nSPS) is 11.5. The van der Waals surface area contributed by atoms with Gasteiger partial charge in [0, 0.05) is 6.61 Å². The van der Waals surface area contributed by atoms with Gasteiger partial charge >= 0.3 is 9.05 Å². The Morgan fingerprint density at radius 2 is 0.865 bits per heavy atom. The number of hydrogen-bond donors (Lipinski definition) is 0. The smallest absolute Gasteiger partial charge is 0.351 e. The van der Waals surface area contributed by atoms with Crippen LogP contribution in [0.25, 0.3) is 0 Å². The first-order valence-corrected chi connectivity index (χ1v) is 15.2. The van der Waals surface area contributed by atoms with E-state index in [1.165, 1.54) is 32.1 Å². The lowest BCUT2D eigenvalue weighted by molar-refractivity contribution is -0.0485. The SMILES string of the molecule is C=CCCCCCCCCCO[Si](OCc1ccccc1)(OCc1ccccc1)OCc1ccccc1. The van der Waals surface area contributed by atoms with Crippen molar-refractivity contribution in [3.05, 3.63) is 120 Å². The molecule has 0 atom stereocenters. The molecule has 0 aromatic heterocycles. The van der Waals surface area contributed by atoms with Crippen molar-refractivity contribution in [1.82, 2.24) is 0 Å². The molecule has 0 aliphatic heterocycles. The van der Waals surface area contributed by atoms with Crippen molar-refractivity contribution in [2.24, 2.45) is 0 Å². The summed E-state index contributed by atoms with van der Waals surface area (Å²) in [5.74, 6) is 0. The maximum absolute atomic E-state index is 6.42. The van der Waals surface area contributed by atoms with Crippen LogP contribution in [-0.2, 0) is 37.5 Å². The molecule has 0 saturated heterocycles. The highest BCUT2D eigenvalue weighted by Crippen LogP contribution is 2.21. The molecule has 4 nitrogen and oxygen atoms in total. The third-order valence-corrected chi connectivity index (χ3v) is 8.16. The zero-order chi connectivity index (χ0) is 25.9. The molecule has 37 heavy (non-hydrogen) atoms. The zero-order valence-corrected chi connectivity index (χ0v) is 23.1. The van der Waals surface area contributed by atoms with Crippen molar-refractivity contribution >= 4 is 9.05 Å². The fraction of sp³-hybridized carbons (Fsp3) is 0.375. The Balaban J connectivity index is 1.61. The molecule has 0 spiro atoms. The molecule has 0 aliphatic rings. The van der Waals surface area contributed by atoms with Gasteiger partial charge in [0.2, 0.25) is 0 Å². The molecular weight excluding hydrogens is 476 g/mol. The van der Waals surface area contributed by atoms with Crippen molar-refractivity contribution in [1.29, 1.82) is 0 Å². The molecular formula is C32H42O4Si. The molecule has 3 rings (SSSR count). The first kappa shape index (κ1) is 29.0. The zero-order valence-electron chi connectivity index (χ0n) is 22.1. The van der Waals surface area contributed by atoms with Crippen LogP contribution >= 0.6 is 0 Å². The monoisotopic (exact) mass is 518 g/mol. The topological polar surface area (TPSA) is 36.9 Å². The standard InChI is InChI=1S/C32H42O4Si/c1-2-3-4-5-6-7-8-9-19-26-33-37(34-27-30-20-13-10-14-21-30,35-28-31-22-15-11-16-23-31)36-29-32-24-17-12-18-25-32/h2,10-18,20-25H,1,3-9,19,26-29H2. The molecule has 0 N–H and O–H groups in total. The molecule has 0 amide bonds. The van der Waals surface area contributed by atoms with E-state index in [0.29, 0.717) is 26.4 Å². The Morgan fingerprint density at radius 1 is 0.486 bits per heavy atom. The van der Waals surface area contributed by atoms with Crippen molar-refractivity contribution in [3.8, 4) is 0 Å². The van der Waals surface area contributed by atoms with Crippen LogP contribution in [0.5, 0.6) is 0 Å². The van der Waals surface area contributed by atoms with Crippen molar-refractivity contribution < 1.29 is 17.7 Å². The van der Waals surface area contributed by atoms with Crippen LogP contribution in [0.3, 0.4) is 0 Å². The summed E-state index contributed by atoms with van der Waals surface area (Å²) in [6, 6.07) is 30.3. The maximum atomic E-state index is 6.42. The van der Waals surface area contributed by atoms with Gasteiger partial charge in [-0.1, -0.05) is 129 Å². The second-order valence-corrected chi connectivity index (χ2v) is 11.4. The van der Waals surface area contributed by atoms with Gasteiger partial charge in [-0.25, -0.2) is 0 Å². The van der Waals surface area contributed by atoms with Crippen molar-refractivity contribution in [3.63, 3.8) is 0 Å². The van der Waals surface area contributed by atoms with Crippen LogP contribution in [-0.4, -0.2) is 15.7 Å². The Morgan fingerprint density at radius 3 is 1.27 bits per heavy atom. The molecule has 0 saturated carbocycles. The van der Waals surface area contributed by atoms with E-state index in [9.17, 15) is 0 Å². The summed E-state index contributed by atoms with van der Waals surface area (Å²) in [5.41, 5.74) is 3.18. The molecule has 0 bridgehead atoms. The van der Waals surface area contributed by atoms with E-state index in [-0.39, 0.29) is 0 Å². The minimum absolute atomic E-state index is 0.376. The van der Waals surface area contributed by atoms with Crippen LogP contribution in [0, 0.1) is 0 Å². The predicted molar refractivity (Wildman–Crippen MR) is 153 cm³/mol. The molecule has 0 aliphatic carbocycles. The van der Waals surface area contributed by atoms with E-state index in [2.05, 4.69) is 6.58 Å². The lowest BCUT2D eigenvalue weighted by Gasteiger charge is -2.28. The number of hydrogen-bond acceptors (Lipinski definition) is 4. The summed E-state index contributed by atoms with van der Waals surface area (Å²) in [6.07, 6.45) is 11.5. The van der Waals surface area contributed by atoms with Crippen LogP contribution in [0.2, 0.25) is 0 Å². The number of rotatable bonds is 20. The average Bonchev–Trinajstić information content (AvgIpc) is 2.96. The molecule has 0 unspecified atom stereocenters. The third-order valence-electron chi connectivity index (χ3n) is 6.11. The number of allylic oxidation sites excluding steroid dienone is 1. The molecule has 5 heteroatoms. The molecule has 0 heterocycles. The largest absolute Gasteiger partial charge is 0.680 e. The van der Waals surface area contributed by atoms with Gasteiger partial charge in [-0.2, -0.15) is 0 Å². The molecule has 198 valence electrons. The van der Waals surface area contributed by atoms with E-state index >= 15 is 0 Å². The highest BCUT2D eigenvalue weighted by atomic mass is 28.4. The first-order chi connectivity index (χ1) is 18.3. The summed E-state index contributed by atoms with van der Waals surface area (Å²) in [6.45, 7) is 5.48. The van der Waals surface area contributed by atoms with Crippen LogP contribution in [0.1, 0.15) is 68.1 Å². The van der Waals surface area contributed by atoms with Gasteiger partial charge in [0.05, 0.1) is 19.8 Å². The fourth-order valence-electron chi connectivity index (χ4n) is 3.96. The molecule has 0 radical (unpaired) electrons. The minimum atomic E-state index is -3.44. The molecule has 0 fully saturated rings. The van der Waals surface area contributed by atoms with E-state index in [0.717, 1.165) is 36.0 Å². The minimum Gasteiger partial charge on any atom is -0.351 e. The van der Waals surface area contributed by atoms with E-state index < -0.39 is 9.05 Å². The summed E-state index contributed by atoms with van der Waals surface area (Å²) in [4.78, 5) is 0. The van der Waals surface area contributed by atoms with E-state index in [1.807, 2.05) is 97.1 Å². The van der Waals surface area contributed by atoms with Crippen molar-refractivity contribution in [2.75, 3.05) is 6.61 Å². The van der Waals surface area contributed by atoms with Gasteiger partial charge in [-0.3, -0.25) is 0 Å². The Labute approximate surface area is 224 Å². The average molecular weight is 519 g/mol. The quantitative estimate of drug-likeness (QED) is 0.0855. The van der Waals surface area contributed by atoms with Gasteiger partial charge in [-0.15, -0.1) is 6.58 Å². The van der Waals surface area contributed by atoms with Gasteiger partial charge in [0.15, 0.2) is 0 Å². The second kappa shape index (κ2) is 17.8. The summed E-state index contributed by atoms with van der Waals surface area (Å²) >= 11 is 0. The van der Waals surface area contributed by atoms with Crippen LogP contribution in [0.4, 0.5) is 0 Å². The number of benzene rings is 3. The Hall–Kier alpha value is -2.54. The highest BCUT2D eigenvalue weighted by molar-refractivity contribution is 6.53. The van der Waals surface area contributed by atoms with Crippen molar-refractivity contribution in [2.45, 2.75) is 71.2 Å². The molecule has 3 aromatic carbocycles. The van der Waals surface area contributed by atoms with Gasteiger partial charge in [0.1, 0.15) is 0 Å². The van der Waals surface area contributed by atoms with Crippen LogP contribution in [0.15, 0.2) is 104 Å². The summed E-state index contributed by atoms with van der Waals surface area (Å²) in [7, 11) is -3.44. The van der Waals surface area contributed by atoms with Crippen LogP contribution < -0.4 is 0 Å². The second-order valence-electron chi connectivity index (χ2n) is 9.22. The summed E-state index contributed by atoms with van der Waals surface area (Å²) < 4.78 is 25.6. The fourth-order valence-corrected chi connectivity index (χ4v) is 5.88. The lowest BCUT2D eigenvalue weighted by Crippen LogP contribution is -2.49. The highest BCUT2D eigenvalue weighted by Gasteiger charge is 2.46. The Bertz CT molecular complexity index is 860. The molecule has 3 aromatic rings. The van der Waals surface area contributed by atoms with E-state index in [4.69, 9.17) is 17.7 Å². The first-order valence-electron chi connectivity index (χ1n) is 13.6. The van der Waals surface area contributed by atoms with E-state index in [1.54, 1.807) is 0 Å². The van der Waals surface area contributed by atoms with Gasteiger partial charge < -0.3 is 17.7 Å². The predicted octanol–water partition coefficient (Wildman–Crippen LogP) is 8.40. The van der Waals surface area contributed by atoms with Gasteiger partial charge in [0.25, 0.3) is 0 Å². The summed E-state index contributed by atoms with van der Waals surface area (Å²) in [5, 5.41) is 0. The maximum Gasteiger partial charge on any atom is 0.680 e. The lowest BCUT2D eigenvalue weighted by atomic mass is 10.1. The van der Waals surface area contributed by atoms with Gasteiger partial charge in [-0.05, 0) is 36.0 Å². The number of unbranched alkanes of at least 4 members (excludes halogenated alkanes) is 7. The Kier molecular flexibility index (Phi) is 14.0.